The van der Waals surface area contributed by atoms with Gasteiger partial charge in [-0.1, -0.05) is 0 Å². The summed E-state index contributed by atoms with van der Waals surface area (Å²) in [6, 6.07) is 0.0501. The van der Waals surface area contributed by atoms with Crippen LogP contribution in [0.15, 0.2) is 0 Å². The van der Waals surface area contributed by atoms with Crippen LogP contribution in [0.3, 0.4) is 0 Å². The highest BCUT2D eigenvalue weighted by atomic mass is 19.1. The molecule has 0 unspecified atom stereocenters. The summed E-state index contributed by atoms with van der Waals surface area (Å²) >= 11 is 0. The fourth-order valence-electron chi connectivity index (χ4n) is 1.52. The molecule has 2 N–H and O–H groups in total. The molecule has 0 spiro atoms. The zero-order chi connectivity index (χ0) is 9.84. The maximum Gasteiger partial charge on any atom is 0.248 e. The zero-order valence-electron chi connectivity index (χ0n) is 7.79. The van der Waals surface area contributed by atoms with Gasteiger partial charge in [-0.05, 0) is 32.6 Å². The molecule has 0 radical (unpaired) electrons. The van der Waals surface area contributed by atoms with Gasteiger partial charge >= 0.3 is 0 Å². The van der Waals surface area contributed by atoms with Gasteiger partial charge in [-0.15, -0.1) is 0 Å². The second-order valence-corrected chi connectivity index (χ2v) is 3.63. The van der Waals surface area contributed by atoms with Crippen LogP contribution >= 0.6 is 0 Å². The molecule has 1 fully saturated rings. The lowest BCUT2D eigenvalue weighted by atomic mass is 9.94. The summed E-state index contributed by atoms with van der Waals surface area (Å²) < 4.78 is 12.7. The molecule has 0 saturated heterocycles. The lowest BCUT2D eigenvalue weighted by Gasteiger charge is -2.25. The molecule has 1 rings (SSSR count). The molecule has 0 heterocycles. The van der Waals surface area contributed by atoms with Crippen LogP contribution in [0, 0.1) is 0 Å². The van der Waals surface area contributed by atoms with Gasteiger partial charge in [0.1, 0.15) is 12.3 Å². The molecule has 1 saturated carbocycles. The van der Waals surface area contributed by atoms with Crippen molar-refractivity contribution in [2.45, 2.75) is 50.9 Å². The normalized spacial score (nSPS) is 31.0. The Labute approximate surface area is 77.3 Å². The molecule has 1 aliphatic rings. The number of hydrogen-bond acceptors (Lipinski definition) is 2. The van der Waals surface area contributed by atoms with Gasteiger partial charge in [0.25, 0.3) is 0 Å². The molecular formula is C9H16FNO2. The standard InChI is InChI=1S/C9H16FNO2/c1-6(12)9(13)11-8-4-2-7(10)3-5-8/h6-8,12H,2-5H2,1H3,(H,11,13)/t6-,7?,8?/m1/s1. The smallest absolute Gasteiger partial charge is 0.248 e. The molecule has 0 aliphatic heterocycles. The van der Waals surface area contributed by atoms with Crippen LogP contribution in [-0.4, -0.2) is 29.3 Å². The van der Waals surface area contributed by atoms with Crippen LogP contribution in [0.25, 0.3) is 0 Å². The average Bonchev–Trinajstić information content (AvgIpc) is 2.08. The minimum absolute atomic E-state index is 0.0501. The van der Waals surface area contributed by atoms with Crippen LogP contribution in [0.5, 0.6) is 0 Å². The maximum absolute atomic E-state index is 12.7. The van der Waals surface area contributed by atoms with E-state index in [-0.39, 0.29) is 11.9 Å². The van der Waals surface area contributed by atoms with E-state index in [4.69, 9.17) is 5.11 Å². The molecule has 3 nitrogen and oxygen atoms in total. The maximum atomic E-state index is 12.7. The summed E-state index contributed by atoms with van der Waals surface area (Å²) in [4.78, 5) is 11.0. The van der Waals surface area contributed by atoms with E-state index in [0.29, 0.717) is 25.7 Å². The number of nitrogens with one attached hydrogen (secondary N) is 1. The Balaban J connectivity index is 2.26. The first-order valence-electron chi connectivity index (χ1n) is 4.72. The molecule has 0 bridgehead atoms. The number of alkyl halides is 1. The molecule has 0 aromatic rings. The predicted molar refractivity (Wildman–Crippen MR) is 47.0 cm³/mol. The van der Waals surface area contributed by atoms with Crippen LogP contribution in [0.1, 0.15) is 32.6 Å². The summed E-state index contributed by atoms with van der Waals surface area (Å²) in [5.41, 5.74) is 0. The van der Waals surface area contributed by atoms with E-state index < -0.39 is 12.3 Å². The van der Waals surface area contributed by atoms with E-state index in [1.54, 1.807) is 0 Å². The number of amides is 1. The first-order chi connectivity index (χ1) is 6.09. The fraction of sp³-hybridized carbons (Fsp3) is 0.889. The highest BCUT2D eigenvalue weighted by molar-refractivity contribution is 5.80. The Kier molecular flexibility index (Phi) is 3.66. The summed E-state index contributed by atoms with van der Waals surface area (Å²) in [6.45, 7) is 1.43. The molecule has 0 aromatic carbocycles. The van der Waals surface area contributed by atoms with Crippen molar-refractivity contribution in [3.63, 3.8) is 0 Å². The Hall–Kier alpha value is -0.640. The van der Waals surface area contributed by atoms with Crippen molar-refractivity contribution in [1.29, 1.82) is 0 Å². The van der Waals surface area contributed by atoms with Crippen molar-refractivity contribution in [1.82, 2.24) is 5.32 Å². The van der Waals surface area contributed by atoms with Gasteiger partial charge in [0.15, 0.2) is 0 Å². The van der Waals surface area contributed by atoms with Gasteiger partial charge in [-0.25, -0.2) is 4.39 Å². The van der Waals surface area contributed by atoms with E-state index in [1.807, 2.05) is 0 Å². The quantitative estimate of drug-likeness (QED) is 0.674. The summed E-state index contributed by atoms with van der Waals surface area (Å²) in [5.74, 6) is -0.359. The first kappa shape index (κ1) is 10.4. The molecule has 76 valence electrons. The first-order valence-corrected chi connectivity index (χ1v) is 4.72. The summed E-state index contributed by atoms with van der Waals surface area (Å²) in [7, 11) is 0. The van der Waals surface area contributed by atoms with Crippen molar-refractivity contribution in [3.05, 3.63) is 0 Å². The Bertz CT molecular complexity index is 176. The number of hydrogen-bond donors (Lipinski definition) is 2. The van der Waals surface area contributed by atoms with E-state index in [1.165, 1.54) is 6.92 Å². The number of carbonyl (C=O) groups excluding carboxylic acids is 1. The second-order valence-electron chi connectivity index (χ2n) is 3.63. The zero-order valence-corrected chi connectivity index (χ0v) is 7.79. The molecule has 1 atom stereocenters. The van der Waals surface area contributed by atoms with E-state index >= 15 is 0 Å². The van der Waals surface area contributed by atoms with Gasteiger partial charge in [0.05, 0.1) is 0 Å². The third kappa shape index (κ3) is 3.30. The summed E-state index contributed by atoms with van der Waals surface area (Å²) in [5, 5.41) is 11.6. The van der Waals surface area contributed by atoms with Crippen molar-refractivity contribution in [3.8, 4) is 0 Å². The molecule has 13 heavy (non-hydrogen) atoms. The molecule has 0 aromatic heterocycles. The van der Waals surface area contributed by atoms with Crippen molar-refractivity contribution >= 4 is 5.91 Å². The predicted octanol–water partition coefficient (Wildman–Crippen LogP) is 0.764. The largest absolute Gasteiger partial charge is 0.384 e. The minimum Gasteiger partial charge on any atom is -0.384 e. The number of aliphatic hydroxyl groups is 1. The van der Waals surface area contributed by atoms with E-state index in [9.17, 15) is 9.18 Å². The highest BCUT2D eigenvalue weighted by Gasteiger charge is 2.22. The summed E-state index contributed by atoms with van der Waals surface area (Å²) in [6.07, 6.45) is 0.720. The molecular weight excluding hydrogens is 173 g/mol. The Morgan fingerprint density at radius 2 is 2.00 bits per heavy atom. The van der Waals surface area contributed by atoms with Gasteiger partial charge in [-0.3, -0.25) is 4.79 Å². The Morgan fingerprint density at radius 1 is 1.46 bits per heavy atom. The number of rotatable bonds is 2. The number of aliphatic hydroxyl groups excluding tert-OH is 1. The third-order valence-corrected chi connectivity index (χ3v) is 2.38. The number of carbonyl (C=O) groups is 1. The molecule has 4 heteroatoms. The van der Waals surface area contributed by atoms with Crippen molar-refractivity contribution in [2.24, 2.45) is 0 Å². The van der Waals surface area contributed by atoms with Crippen LogP contribution in [-0.2, 0) is 4.79 Å². The Morgan fingerprint density at radius 3 is 2.46 bits per heavy atom. The SMILES string of the molecule is C[C@@H](O)C(=O)NC1CCC(F)CC1. The average molecular weight is 189 g/mol. The van der Waals surface area contributed by atoms with Crippen molar-refractivity contribution in [2.75, 3.05) is 0 Å². The monoisotopic (exact) mass is 189 g/mol. The van der Waals surface area contributed by atoms with Crippen LogP contribution in [0.4, 0.5) is 4.39 Å². The third-order valence-electron chi connectivity index (χ3n) is 2.38. The molecule has 1 aliphatic carbocycles. The highest BCUT2D eigenvalue weighted by Crippen LogP contribution is 2.20. The van der Waals surface area contributed by atoms with E-state index in [2.05, 4.69) is 5.32 Å². The lowest BCUT2D eigenvalue weighted by Crippen LogP contribution is -2.42. The van der Waals surface area contributed by atoms with Crippen molar-refractivity contribution < 1.29 is 14.3 Å². The fourth-order valence-corrected chi connectivity index (χ4v) is 1.52. The topological polar surface area (TPSA) is 49.3 Å². The van der Waals surface area contributed by atoms with Gasteiger partial charge in [0.2, 0.25) is 5.91 Å². The molecule has 1 amide bonds. The van der Waals surface area contributed by atoms with Crippen LogP contribution < -0.4 is 5.32 Å². The van der Waals surface area contributed by atoms with E-state index in [0.717, 1.165) is 0 Å². The number of halogens is 1. The lowest BCUT2D eigenvalue weighted by molar-refractivity contribution is -0.129. The minimum atomic E-state index is -0.969. The van der Waals surface area contributed by atoms with Gasteiger partial charge < -0.3 is 10.4 Å². The van der Waals surface area contributed by atoms with Gasteiger partial charge in [0, 0.05) is 6.04 Å². The van der Waals surface area contributed by atoms with Gasteiger partial charge in [-0.2, -0.15) is 0 Å². The second kappa shape index (κ2) is 4.56. The van der Waals surface area contributed by atoms with Crippen LogP contribution in [0.2, 0.25) is 0 Å².